The van der Waals surface area contributed by atoms with E-state index in [-0.39, 0.29) is 12.2 Å². The minimum Gasteiger partial charge on any atom is -0.465 e. The van der Waals surface area contributed by atoms with Crippen LogP contribution in [0, 0.1) is 0 Å². The van der Waals surface area contributed by atoms with Crippen LogP contribution in [0.2, 0.25) is 0 Å². The number of aromatic amines is 1. The number of nitrogens with zero attached hydrogens (tertiary/aromatic N) is 3. The molecule has 1 amide bonds. The lowest BCUT2D eigenvalue weighted by atomic mass is 10.1. The molecule has 1 aromatic carbocycles. The number of nitrogens with one attached hydrogen (secondary N) is 1. The molecule has 1 aliphatic rings. The van der Waals surface area contributed by atoms with Gasteiger partial charge in [0.15, 0.2) is 5.82 Å². The highest BCUT2D eigenvalue weighted by atomic mass is 16.6. The maximum Gasteiger partial charge on any atom is 0.414 e. The number of imidazole rings is 1. The maximum atomic E-state index is 12.2. The van der Waals surface area contributed by atoms with Gasteiger partial charge in [0, 0.05) is 6.20 Å². The molecule has 8 heteroatoms. The quantitative estimate of drug-likeness (QED) is 0.736. The summed E-state index contributed by atoms with van der Waals surface area (Å²) in [6, 6.07) is 8.82. The molecular weight excluding hydrogens is 324 g/mol. The number of aromatic nitrogens is 3. The summed E-state index contributed by atoms with van der Waals surface area (Å²) in [4.78, 5) is 37.4. The Morgan fingerprint density at radius 3 is 2.92 bits per heavy atom. The van der Waals surface area contributed by atoms with Gasteiger partial charge in [-0.05, 0) is 24.3 Å². The van der Waals surface area contributed by atoms with E-state index in [0.29, 0.717) is 34.8 Å². The van der Waals surface area contributed by atoms with Crippen molar-refractivity contribution in [2.24, 2.45) is 0 Å². The lowest BCUT2D eigenvalue weighted by Crippen LogP contribution is -2.25. The molecule has 1 fully saturated rings. The van der Waals surface area contributed by atoms with Crippen molar-refractivity contribution in [1.82, 2.24) is 15.0 Å². The number of pyridine rings is 1. The first kappa shape index (κ1) is 15.1. The van der Waals surface area contributed by atoms with Gasteiger partial charge in [0.1, 0.15) is 12.3 Å². The van der Waals surface area contributed by atoms with Gasteiger partial charge >= 0.3 is 12.1 Å². The van der Waals surface area contributed by atoms with Gasteiger partial charge in [0.25, 0.3) is 0 Å². The summed E-state index contributed by atoms with van der Waals surface area (Å²) in [5, 5.41) is 0. The van der Waals surface area contributed by atoms with E-state index in [4.69, 9.17) is 9.47 Å². The number of anilines is 1. The molecule has 1 aliphatic heterocycles. The van der Waals surface area contributed by atoms with Crippen LogP contribution in [-0.2, 0) is 9.47 Å². The number of hydrogen-bond donors (Lipinski definition) is 1. The van der Waals surface area contributed by atoms with Crippen molar-refractivity contribution in [2.75, 3.05) is 25.2 Å². The fourth-order valence-corrected chi connectivity index (χ4v) is 2.78. The van der Waals surface area contributed by atoms with Crippen molar-refractivity contribution >= 4 is 28.8 Å². The number of H-pyrrole nitrogens is 1. The molecule has 4 rings (SSSR count). The SMILES string of the molecule is COC(=O)c1cc2[nH]c(-c3ccccn3)nc2cc1N1CCOC1=O. The van der Waals surface area contributed by atoms with Crippen molar-refractivity contribution in [3.8, 4) is 11.5 Å². The number of benzene rings is 1. The molecule has 3 aromatic rings. The van der Waals surface area contributed by atoms with E-state index in [1.165, 1.54) is 12.0 Å². The molecule has 0 spiro atoms. The van der Waals surface area contributed by atoms with E-state index >= 15 is 0 Å². The normalized spacial score (nSPS) is 14.0. The van der Waals surface area contributed by atoms with E-state index in [2.05, 4.69) is 15.0 Å². The number of methoxy groups -OCH3 is 1. The summed E-state index contributed by atoms with van der Waals surface area (Å²) < 4.78 is 9.82. The van der Waals surface area contributed by atoms with Crippen LogP contribution in [0.5, 0.6) is 0 Å². The van der Waals surface area contributed by atoms with Crippen LogP contribution in [0.3, 0.4) is 0 Å². The third kappa shape index (κ3) is 2.57. The Morgan fingerprint density at radius 1 is 1.36 bits per heavy atom. The molecule has 1 saturated heterocycles. The molecule has 0 unspecified atom stereocenters. The Balaban J connectivity index is 1.88. The highest BCUT2D eigenvalue weighted by molar-refractivity contribution is 6.05. The smallest absolute Gasteiger partial charge is 0.414 e. The number of cyclic esters (lactones) is 1. The van der Waals surface area contributed by atoms with E-state index < -0.39 is 12.1 Å². The third-order valence-corrected chi connectivity index (χ3v) is 3.96. The Kier molecular flexibility index (Phi) is 3.57. The van der Waals surface area contributed by atoms with Gasteiger partial charge in [0.2, 0.25) is 0 Å². The molecule has 0 atom stereocenters. The first-order chi connectivity index (χ1) is 12.2. The van der Waals surface area contributed by atoms with Crippen molar-refractivity contribution in [3.63, 3.8) is 0 Å². The molecule has 8 nitrogen and oxygen atoms in total. The zero-order valence-electron chi connectivity index (χ0n) is 13.4. The summed E-state index contributed by atoms with van der Waals surface area (Å²) in [5.74, 6) is 0.0400. The van der Waals surface area contributed by atoms with Crippen LogP contribution in [0.25, 0.3) is 22.6 Å². The second-order valence-corrected chi connectivity index (χ2v) is 5.44. The van der Waals surface area contributed by atoms with Crippen molar-refractivity contribution < 1.29 is 19.1 Å². The molecule has 0 radical (unpaired) electrons. The standard InChI is InChI=1S/C17H14N4O4/c1-24-16(22)10-8-12-13(9-14(10)21-6-7-25-17(21)23)20-15(19-12)11-4-2-3-5-18-11/h2-5,8-9H,6-7H2,1H3,(H,19,20). The topological polar surface area (TPSA) is 97.4 Å². The van der Waals surface area contributed by atoms with Crippen LogP contribution in [0.15, 0.2) is 36.5 Å². The third-order valence-electron chi connectivity index (χ3n) is 3.96. The minimum absolute atomic E-state index is 0.269. The van der Waals surface area contributed by atoms with Gasteiger partial charge in [-0.1, -0.05) is 6.07 Å². The Labute approximate surface area is 142 Å². The average Bonchev–Trinajstić information content (AvgIpc) is 3.26. The van der Waals surface area contributed by atoms with Crippen molar-refractivity contribution in [1.29, 1.82) is 0 Å². The van der Waals surface area contributed by atoms with E-state index in [1.54, 1.807) is 18.3 Å². The molecule has 1 N–H and O–H groups in total. The highest BCUT2D eigenvalue weighted by Gasteiger charge is 2.29. The summed E-state index contributed by atoms with van der Waals surface area (Å²) in [6.07, 6.45) is 1.18. The molecule has 0 bridgehead atoms. The second kappa shape index (κ2) is 5.90. The summed E-state index contributed by atoms with van der Waals surface area (Å²) >= 11 is 0. The molecule has 2 aromatic heterocycles. The first-order valence-electron chi connectivity index (χ1n) is 7.65. The van der Waals surface area contributed by atoms with Crippen LogP contribution >= 0.6 is 0 Å². The highest BCUT2D eigenvalue weighted by Crippen LogP contribution is 2.30. The summed E-state index contributed by atoms with van der Waals surface area (Å²) in [5.41, 5.74) is 2.63. The second-order valence-electron chi connectivity index (χ2n) is 5.44. The minimum atomic E-state index is -0.536. The molecule has 0 saturated carbocycles. The van der Waals surface area contributed by atoms with Crippen LogP contribution in [0.1, 0.15) is 10.4 Å². The predicted octanol–water partition coefficient (Wildman–Crippen LogP) is 2.37. The van der Waals surface area contributed by atoms with Gasteiger partial charge in [-0.25, -0.2) is 14.6 Å². The summed E-state index contributed by atoms with van der Waals surface area (Å²) in [7, 11) is 1.30. The van der Waals surface area contributed by atoms with Gasteiger partial charge in [-0.2, -0.15) is 0 Å². The fraction of sp³-hybridized carbons (Fsp3) is 0.176. The number of fused-ring (bicyclic) bond motifs is 1. The largest absolute Gasteiger partial charge is 0.465 e. The number of esters is 1. The molecule has 126 valence electrons. The van der Waals surface area contributed by atoms with E-state index in [0.717, 1.165) is 0 Å². The number of amides is 1. The van der Waals surface area contributed by atoms with Crippen LogP contribution < -0.4 is 4.90 Å². The van der Waals surface area contributed by atoms with Gasteiger partial charge in [-0.3, -0.25) is 9.88 Å². The molecular formula is C17H14N4O4. The molecule has 0 aliphatic carbocycles. The van der Waals surface area contributed by atoms with Gasteiger partial charge in [0.05, 0.1) is 35.9 Å². The lowest BCUT2D eigenvalue weighted by Gasteiger charge is -2.16. The monoisotopic (exact) mass is 338 g/mol. The number of rotatable bonds is 3. The van der Waals surface area contributed by atoms with E-state index in [1.807, 2.05) is 18.2 Å². The maximum absolute atomic E-state index is 12.2. The number of carbonyl (C=O) groups is 2. The zero-order chi connectivity index (χ0) is 17.4. The van der Waals surface area contributed by atoms with Crippen molar-refractivity contribution in [3.05, 3.63) is 42.1 Å². The predicted molar refractivity (Wildman–Crippen MR) is 89.4 cm³/mol. The zero-order valence-corrected chi connectivity index (χ0v) is 13.4. The van der Waals surface area contributed by atoms with Crippen LogP contribution in [-0.4, -0.2) is 47.3 Å². The average molecular weight is 338 g/mol. The molecule has 25 heavy (non-hydrogen) atoms. The lowest BCUT2D eigenvalue weighted by molar-refractivity contribution is 0.0602. The Hall–Kier alpha value is -3.42. The number of carbonyl (C=O) groups excluding carboxylic acids is 2. The Bertz CT molecular complexity index is 967. The van der Waals surface area contributed by atoms with Crippen LogP contribution in [0.4, 0.5) is 10.5 Å². The van der Waals surface area contributed by atoms with E-state index in [9.17, 15) is 9.59 Å². The Morgan fingerprint density at radius 2 is 2.24 bits per heavy atom. The fourth-order valence-electron chi connectivity index (χ4n) is 2.78. The van der Waals surface area contributed by atoms with Gasteiger partial charge < -0.3 is 14.5 Å². The number of ether oxygens (including phenoxy) is 2. The molecule has 3 heterocycles. The number of hydrogen-bond acceptors (Lipinski definition) is 6. The van der Waals surface area contributed by atoms with Crippen molar-refractivity contribution in [2.45, 2.75) is 0 Å². The first-order valence-corrected chi connectivity index (χ1v) is 7.65. The van der Waals surface area contributed by atoms with Gasteiger partial charge in [-0.15, -0.1) is 0 Å². The summed E-state index contributed by atoms with van der Waals surface area (Å²) in [6.45, 7) is 0.642.